The Bertz CT molecular complexity index is 629. The molecule has 2 nitrogen and oxygen atoms in total. The first kappa shape index (κ1) is 15.4. The molecule has 1 aliphatic rings. The number of rotatable bonds is 3. The molecule has 22 heavy (non-hydrogen) atoms. The van der Waals surface area contributed by atoms with E-state index in [1.165, 1.54) is 22.7 Å². The van der Waals surface area contributed by atoms with E-state index in [4.69, 9.17) is 0 Å². The van der Waals surface area contributed by atoms with Crippen LogP contribution in [0.2, 0.25) is 0 Å². The first-order valence-corrected chi connectivity index (χ1v) is 8.47. The van der Waals surface area contributed by atoms with Crippen LogP contribution in [-0.4, -0.2) is 25.2 Å². The molecule has 3 rings (SSSR count). The van der Waals surface area contributed by atoms with E-state index in [9.17, 15) is 4.39 Å². The van der Waals surface area contributed by atoms with Crippen molar-refractivity contribution in [2.45, 2.75) is 35.7 Å². The lowest BCUT2D eigenvalue weighted by Gasteiger charge is -2.40. The maximum Gasteiger partial charge on any atom is 0.123 e. The molecule has 0 radical (unpaired) electrons. The van der Waals surface area contributed by atoms with Gasteiger partial charge in [-0.05, 0) is 50.2 Å². The van der Waals surface area contributed by atoms with Gasteiger partial charge in [0, 0.05) is 35.0 Å². The summed E-state index contributed by atoms with van der Waals surface area (Å²) in [6, 6.07) is 16.1. The predicted octanol–water partition coefficient (Wildman–Crippen LogP) is 4.16. The fourth-order valence-corrected chi connectivity index (χ4v) is 3.73. The fraction of sp³-hybridized carbons (Fsp3) is 0.333. The molecule has 4 heteroatoms. The Hall–Kier alpha value is -1.52. The third kappa shape index (κ3) is 3.45. The second kappa shape index (κ2) is 6.71. The summed E-state index contributed by atoms with van der Waals surface area (Å²) >= 11 is 1.69. The van der Waals surface area contributed by atoms with Crippen LogP contribution in [0, 0.1) is 5.82 Å². The lowest BCUT2D eigenvalue weighted by molar-refractivity contribution is 0.423. The molecule has 1 saturated heterocycles. The van der Waals surface area contributed by atoms with Crippen LogP contribution >= 0.6 is 11.8 Å². The van der Waals surface area contributed by atoms with E-state index in [-0.39, 0.29) is 5.82 Å². The third-order valence-electron chi connectivity index (χ3n) is 3.98. The normalized spacial score (nSPS) is 21.9. The van der Waals surface area contributed by atoms with Gasteiger partial charge in [0.05, 0.1) is 5.69 Å². The summed E-state index contributed by atoms with van der Waals surface area (Å²) in [5, 5.41) is 3.52. The van der Waals surface area contributed by atoms with Crippen molar-refractivity contribution in [2.75, 3.05) is 18.0 Å². The van der Waals surface area contributed by atoms with Crippen LogP contribution in [0.4, 0.5) is 10.1 Å². The standard InChI is InChI=1S/C18H21FN2S/c1-13-12-21(14(2)11-20-13)17-5-3-4-6-18(17)22-16-9-7-15(19)8-10-16/h3-10,13-14,20H,11-12H2,1-2H3/t13-,14+/m0/s1. The number of para-hydroxylation sites is 1. The molecule has 0 spiro atoms. The predicted molar refractivity (Wildman–Crippen MR) is 91.2 cm³/mol. The van der Waals surface area contributed by atoms with Crippen molar-refractivity contribution in [2.24, 2.45) is 0 Å². The van der Waals surface area contributed by atoms with Gasteiger partial charge in [0.1, 0.15) is 5.82 Å². The van der Waals surface area contributed by atoms with Crippen LogP contribution in [0.5, 0.6) is 0 Å². The average Bonchev–Trinajstić information content (AvgIpc) is 2.53. The number of nitrogens with zero attached hydrogens (tertiary/aromatic N) is 1. The molecule has 0 saturated carbocycles. The molecule has 0 bridgehead atoms. The summed E-state index contributed by atoms with van der Waals surface area (Å²) in [5.74, 6) is -0.192. The van der Waals surface area contributed by atoms with Gasteiger partial charge in [-0.25, -0.2) is 4.39 Å². The van der Waals surface area contributed by atoms with E-state index in [1.807, 2.05) is 12.1 Å². The van der Waals surface area contributed by atoms with Crippen LogP contribution in [-0.2, 0) is 0 Å². The minimum Gasteiger partial charge on any atom is -0.365 e. The summed E-state index contributed by atoms with van der Waals surface area (Å²) < 4.78 is 13.1. The zero-order chi connectivity index (χ0) is 15.5. The highest BCUT2D eigenvalue weighted by molar-refractivity contribution is 7.99. The number of hydrogen-bond donors (Lipinski definition) is 1. The van der Waals surface area contributed by atoms with Crippen molar-refractivity contribution in [1.29, 1.82) is 0 Å². The molecule has 1 fully saturated rings. The largest absolute Gasteiger partial charge is 0.365 e. The third-order valence-corrected chi connectivity index (χ3v) is 5.05. The number of piperazine rings is 1. The average molecular weight is 316 g/mol. The minimum absolute atomic E-state index is 0.192. The first-order valence-electron chi connectivity index (χ1n) is 7.66. The van der Waals surface area contributed by atoms with Crippen molar-refractivity contribution < 1.29 is 4.39 Å². The molecule has 0 unspecified atom stereocenters. The second-order valence-corrected chi connectivity index (χ2v) is 6.95. The number of halogens is 1. The van der Waals surface area contributed by atoms with Gasteiger partial charge in [-0.15, -0.1) is 0 Å². The van der Waals surface area contributed by atoms with Gasteiger partial charge in [-0.2, -0.15) is 0 Å². The Morgan fingerprint density at radius 1 is 1.09 bits per heavy atom. The molecule has 2 aromatic rings. The van der Waals surface area contributed by atoms with Crippen LogP contribution < -0.4 is 10.2 Å². The summed E-state index contributed by atoms with van der Waals surface area (Å²) in [6.45, 7) is 6.46. The van der Waals surface area contributed by atoms with Crippen molar-refractivity contribution in [1.82, 2.24) is 5.32 Å². The smallest absolute Gasteiger partial charge is 0.123 e. The summed E-state index contributed by atoms with van der Waals surface area (Å²) in [7, 11) is 0. The summed E-state index contributed by atoms with van der Waals surface area (Å²) in [4.78, 5) is 4.74. The molecule has 0 amide bonds. The number of nitrogens with one attached hydrogen (secondary N) is 1. The van der Waals surface area contributed by atoms with Gasteiger partial charge in [0.2, 0.25) is 0 Å². The maximum absolute atomic E-state index is 13.1. The van der Waals surface area contributed by atoms with Crippen LogP contribution in [0.25, 0.3) is 0 Å². The minimum atomic E-state index is -0.192. The molecular formula is C18H21FN2S. The topological polar surface area (TPSA) is 15.3 Å². The zero-order valence-electron chi connectivity index (χ0n) is 12.9. The van der Waals surface area contributed by atoms with E-state index in [0.717, 1.165) is 18.0 Å². The molecule has 116 valence electrons. The summed E-state index contributed by atoms with van der Waals surface area (Å²) in [5.41, 5.74) is 1.26. The Morgan fingerprint density at radius 3 is 2.59 bits per heavy atom. The van der Waals surface area contributed by atoms with Crippen molar-refractivity contribution in [3.05, 3.63) is 54.3 Å². The van der Waals surface area contributed by atoms with Crippen molar-refractivity contribution in [3.8, 4) is 0 Å². The highest BCUT2D eigenvalue weighted by Gasteiger charge is 2.24. The quantitative estimate of drug-likeness (QED) is 0.915. The van der Waals surface area contributed by atoms with E-state index >= 15 is 0 Å². The Kier molecular flexibility index (Phi) is 4.69. The molecule has 2 aromatic carbocycles. The van der Waals surface area contributed by atoms with Gasteiger partial charge in [0.15, 0.2) is 0 Å². The van der Waals surface area contributed by atoms with Gasteiger partial charge < -0.3 is 10.2 Å². The highest BCUT2D eigenvalue weighted by atomic mass is 32.2. The van der Waals surface area contributed by atoms with Crippen molar-refractivity contribution >= 4 is 17.4 Å². The molecule has 1 N–H and O–H groups in total. The SMILES string of the molecule is C[C@@H]1CN[C@@H](C)CN1c1ccccc1Sc1ccc(F)cc1. The molecule has 1 heterocycles. The zero-order valence-corrected chi connectivity index (χ0v) is 13.7. The molecule has 1 aliphatic heterocycles. The van der Waals surface area contributed by atoms with Crippen LogP contribution in [0.15, 0.2) is 58.3 Å². The molecule has 2 atom stereocenters. The van der Waals surface area contributed by atoms with Crippen LogP contribution in [0.3, 0.4) is 0 Å². The van der Waals surface area contributed by atoms with Gasteiger partial charge in [-0.1, -0.05) is 23.9 Å². The van der Waals surface area contributed by atoms with E-state index in [1.54, 1.807) is 11.8 Å². The maximum atomic E-state index is 13.1. The van der Waals surface area contributed by atoms with Crippen LogP contribution in [0.1, 0.15) is 13.8 Å². The second-order valence-electron chi connectivity index (χ2n) is 5.83. The monoisotopic (exact) mass is 316 g/mol. The van der Waals surface area contributed by atoms with E-state index in [0.29, 0.717) is 12.1 Å². The van der Waals surface area contributed by atoms with Gasteiger partial charge in [-0.3, -0.25) is 0 Å². The Morgan fingerprint density at radius 2 is 1.82 bits per heavy atom. The van der Waals surface area contributed by atoms with E-state index < -0.39 is 0 Å². The van der Waals surface area contributed by atoms with Crippen molar-refractivity contribution in [3.63, 3.8) is 0 Å². The highest BCUT2D eigenvalue weighted by Crippen LogP contribution is 2.36. The number of anilines is 1. The Balaban J connectivity index is 1.87. The van der Waals surface area contributed by atoms with E-state index in [2.05, 4.69) is 48.3 Å². The number of benzene rings is 2. The Labute approximate surface area is 135 Å². The molecular weight excluding hydrogens is 295 g/mol. The number of hydrogen-bond acceptors (Lipinski definition) is 3. The summed E-state index contributed by atoms with van der Waals surface area (Å²) in [6.07, 6.45) is 0. The molecule has 0 aromatic heterocycles. The lowest BCUT2D eigenvalue weighted by atomic mass is 10.1. The first-order chi connectivity index (χ1) is 10.6. The van der Waals surface area contributed by atoms with Gasteiger partial charge >= 0.3 is 0 Å². The molecule has 0 aliphatic carbocycles. The fourth-order valence-electron chi connectivity index (χ4n) is 2.77. The van der Waals surface area contributed by atoms with Gasteiger partial charge in [0.25, 0.3) is 0 Å². The lowest BCUT2D eigenvalue weighted by Crippen LogP contribution is -2.54.